The lowest BCUT2D eigenvalue weighted by Crippen LogP contribution is -2.37. The highest BCUT2D eigenvalue weighted by atomic mass is 16.7. The van der Waals surface area contributed by atoms with Crippen LogP contribution in [-0.2, 0) is 38.4 Å². The van der Waals surface area contributed by atoms with Gasteiger partial charge in [-0.25, -0.2) is 0 Å². The molecule has 1 fully saturated rings. The van der Waals surface area contributed by atoms with Crippen LogP contribution in [0.3, 0.4) is 0 Å². The van der Waals surface area contributed by atoms with E-state index in [1.54, 1.807) is 17.8 Å². The van der Waals surface area contributed by atoms with Crippen molar-refractivity contribution in [3.63, 3.8) is 0 Å². The number of carbonyl (C=O) groups is 1. The lowest BCUT2D eigenvalue weighted by molar-refractivity contribution is -0.164. The molecule has 0 bridgehead atoms. The highest BCUT2D eigenvalue weighted by Crippen LogP contribution is 2.35. The Kier molecular flexibility index (Phi) is 3.28. The molecule has 0 radical (unpaired) electrons. The van der Waals surface area contributed by atoms with Crippen LogP contribution in [0.2, 0.25) is 0 Å². The van der Waals surface area contributed by atoms with E-state index in [-0.39, 0.29) is 12.5 Å². The molecular formula is C13H18N2O4. The van der Waals surface area contributed by atoms with Gasteiger partial charge < -0.3 is 14.2 Å². The van der Waals surface area contributed by atoms with E-state index in [0.717, 1.165) is 24.1 Å². The monoisotopic (exact) mass is 266 g/mol. The maximum Gasteiger partial charge on any atom is 0.327 e. The summed E-state index contributed by atoms with van der Waals surface area (Å²) in [4.78, 5) is 11.5. The molecule has 1 aromatic heterocycles. The zero-order valence-electron chi connectivity index (χ0n) is 11.1. The molecule has 0 unspecified atom stereocenters. The van der Waals surface area contributed by atoms with Crippen LogP contribution in [0.15, 0.2) is 6.20 Å². The first kappa shape index (κ1) is 12.6. The second-order valence-electron chi connectivity index (χ2n) is 4.86. The van der Waals surface area contributed by atoms with Crippen LogP contribution in [-0.4, -0.2) is 41.4 Å². The third-order valence-corrected chi connectivity index (χ3v) is 3.64. The summed E-state index contributed by atoms with van der Waals surface area (Å²) in [5, 5.41) is 4.28. The number of nitrogens with zero attached hydrogens (tertiary/aromatic N) is 2. The second-order valence-corrected chi connectivity index (χ2v) is 4.86. The number of aromatic nitrogens is 2. The lowest BCUT2D eigenvalue weighted by Gasteiger charge is -2.31. The van der Waals surface area contributed by atoms with E-state index in [4.69, 9.17) is 14.2 Å². The minimum Gasteiger partial charge on any atom is -0.465 e. The third kappa shape index (κ3) is 2.37. The first-order valence-electron chi connectivity index (χ1n) is 6.69. The maximum absolute atomic E-state index is 11.5. The molecule has 2 heterocycles. The van der Waals surface area contributed by atoms with Gasteiger partial charge in [-0.2, -0.15) is 5.10 Å². The highest BCUT2D eigenvalue weighted by molar-refractivity contribution is 5.69. The Morgan fingerprint density at radius 3 is 3.05 bits per heavy atom. The van der Waals surface area contributed by atoms with Crippen LogP contribution in [0, 0.1) is 0 Å². The van der Waals surface area contributed by atoms with Gasteiger partial charge in [-0.1, -0.05) is 0 Å². The average Bonchev–Trinajstić information content (AvgIpc) is 2.98. The summed E-state index contributed by atoms with van der Waals surface area (Å²) in [6.45, 7) is 3.69. The molecule has 0 aromatic carbocycles. The van der Waals surface area contributed by atoms with Gasteiger partial charge in [0.2, 0.25) is 0 Å². The number of fused-ring (bicyclic) bond motifs is 1. The first-order valence-corrected chi connectivity index (χ1v) is 6.69. The second kappa shape index (κ2) is 4.94. The molecular weight excluding hydrogens is 248 g/mol. The van der Waals surface area contributed by atoms with Gasteiger partial charge in [0.05, 0.1) is 26.0 Å². The van der Waals surface area contributed by atoms with Crippen molar-refractivity contribution < 1.29 is 19.0 Å². The Morgan fingerprint density at radius 2 is 2.32 bits per heavy atom. The van der Waals surface area contributed by atoms with Crippen LogP contribution < -0.4 is 0 Å². The van der Waals surface area contributed by atoms with E-state index in [2.05, 4.69) is 5.10 Å². The molecule has 0 atom stereocenters. The molecule has 6 heteroatoms. The van der Waals surface area contributed by atoms with Gasteiger partial charge in [-0.15, -0.1) is 0 Å². The fourth-order valence-electron chi connectivity index (χ4n) is 2.78. The van der Waals surface area contributed by atoms with E-state index in [1.807, 2.05) is 0 Å². The van der Waals surface area contributed by atoms with Crippen LogP contribution in [0.5, 0.6) is 0 Å². The summed E-state index contributed by atoms with van der Waals surface area (Å²) in [5.74, 6) is -0.702. The highest BCUT2D eigenvalue weighted by Gasteiger charge is 2.41. The molecule has 2 aliphatic rings. The number of rotatable bonds is 3. The first-order chi connectivity index (χ1) is 9.22. The van der Waals surface area contributed by atoms with Gasteiger partial charge in [0.15, 0.2) is 5.79 Å². The molecule has 1 spiro atoms. The van der Waals surface area contributed by atoms with Crippen molar-refractivity contribution in [1.29, 1.82) is 0 Å². The number of esters is 1. The molecule has 6 nitrogen and oxygen atoms in total. The predicted octanol–water partition coefficient (Wildman–Crippen LogP) is 0.678. The summed E-state index contributed by atoms with van der Waals surface area (Å²) < 4.78 is 18.1. The molecule has 0 amide bonds. The Balaban J connectivity index is 1.74. The van der Waals surface area contributed by atoms with Crippen molar-refractivity contribution in [2.75, 3.05) is 19.8 Å². The number of carbonyl (C=O) groups excluding carboxylic acids is 1. The Morgan fingerprint density at radius 1 is 1.53 bits per heavy atom. The Labute approximate surface area is 111 Å². The minimum atomic E-state index is -0.454. The van der Waals surface area contributed by atoms with Crippen LogP contribution >= 0.6 is 0 Å². The molecule has 1 aromatic rings. The largest absolute Gasteiger partial charge is 0.465 e. The number of ether oxygens (including phenoxy) is 3. The molecule has 0 saturated carbocycles. The summed E-state index contributed by atoms with van der Waals surface area (Å²) >= 11 is 0. The van der Waals surface area contributed by atoms with Gasteiger partial charge in [0, 0.05) is 18.5 Å². The average molecular weight is 266 g/mol. The van der Waals surface area contributed by atoms with Crippen LogP contribution in [0.4, 0.5) is 0 Å². The molecule has 19 heavy (non-hydrogen) atoms. The van der Waals surface area contributed by atoms with Crippen molar-refractivity contribution in [1.82, 2.24) is 9.78 Å². The van der Waals surface area contributed by atoms with Crippen LogP contribution in [0.1, 0.15) is 24.6 Å². The van der Waals surface area contributed by atoms with E-state index in [1.165, 1.54) is 0 Å². The predicted molar refractivity (Wildman–Crippen MR) is 65.5 cm³/mol. The normalized spacial score (nSPS) is 20.5. The SMILES string of the molecule is CCOC(=O)Cn1ncc2c1CCC1(C2)OCCO1. The van der Waals surface area contributed by atoms with Crippen LogP contribution in [0.25, 0.3) is 0 Å². The molecule has 1 aliphatic carbocycles. The summed E-state index contributed by atoms with van der Waals surface area (Å²) in [6.07, 6.45) is 4.15. The van der Waals surface area contributed by atoms with Crippen molar-refractivity contribution in [2.45, 2.75) is 38.5 Å². The van der Waals surface area contributed by atoms with Gasteiger partial charge in [0.1, 0.15) is 6.54 Å². The maximum atomic E-state index is 11.5. The zero-order chi connectivity index (χ0) is 13.3. The van der Waals surface area contributed by atoms with Crippen molar-refractivity contribution in [3.05, 3.63) is 17.5 Å². The summed E-state index contributed by atoms with van der Waals surface area (Å²) in [5.41, 5.74) is 2.20. The fourth-order valence-corrected chi connectivity index (χ4v) is 2.78. The molecule has 1 aliphatic heterocycles. The fraction of sp³-hybridized carbons (Fsp3) is 0.692. The quantitative estimate of drug-likeness (QED) is 0.753. The molecule has 0 N–H and O–H groups in total. The number of hydrogen-bond acceptors (Lipinski definition) is 5. The van der Waals surface area contributed by atoms with E-state index in [9.17, 15) is 4.79 Å². The molecule has 104 valence electrons. The van der Waals surface area contributed by atoms with Gasteiger partial charge in [-0.3, -0.25) is 9.48 Å². The summed E-state index contributed by atoms with van der Waals surface area (Å²) in [6, 6.07) is 0. The minimum absolute atomic E-state index is 0.178. The topological polar surface area (TPSA) is 62.6 Å². The smallest absolute Gasteiger partial charge is 0.327 e. The van der Waals surface area contributed by atoms with E-state index in [0.29, 0.717) is 26.2 Å². The van der Waals surface area contributed by atoms with Gasteiger partial charge in [0.25, 0.3) is 0 Å². The van der Waals surface area contributed by atoms with E-state index < -0.39 is 5.79 Å². The molecule has 3 rings (SSSR count). The van der Waals surface area contributed by atoms with Gasteiger partial charge >= 0.3 is 5.97 Å². The molecule has 1 saturated heterocycles. The van der Waals surface area contributed by atoms with Crippen molar-refractivity contribution in [3.8, 4) is 0 Å². The third-order valence-electron chi connectivity index (χ3n) is 3.64. The zero-order valence-corrected chi connectivity index (χ0v) is 11.1. The van der Waals surface area contributed by atoms with Gasteiger partial charge in [-0.05, 0) is 18.9 Å². The van der Waals surface area contributed by atoms with Crippen molar-refractivity contribution in [2.24, 2.45) is 0 Å². The van der Waals surface area contributed by atoms with Crippen molar-refractivity contribution >= 4 is 5.97 Å². The number of hydrogen-bond donors (Lipinski definition) is 0. The Hall–Kier alpha value is -1.40. The van der Waals surface area contributed by atoms with E-state index >= 15 is 0 Å². The Bertz CT molecular complexity index is 477. The lowest BCUT2D eigenvalue weighted by atomic mass is 9.92. The summed E-state index contributed by atoms with van der Waals surface area (Å²) in [7, 11) is 0. The standard InChI is InChI=1S/C13H18N2O4/c1-2-17-12(16)9-15-11-3-4-13(18-5-6-19-13)7-10(11)8-14-15/h8H,2-7,9H2,1H3.